The van der Waals surface area contributed by atoms with Crippen LogP contribution in [0.1, 0.15) is 30.3 Å². The van der Waals surface area contributed by atoms with Gasteiger partial charge < -0.3 is 10.4 Å². The average molecular weight is 212 g/mol. The molecule has 0 aliphatic heterocycles. The Morgan fingerprint density at radius 1 is 1.60 bits per heavy atom. The second-order valence-electron chi connectivity index (χ2n) is 4.25. The molecule has 1 aromatic rings. The summed E-state index contributed by atoms with van der Waals surface area (Å²) in [6.45, 7) is 5.84. The van der Waals surface area contributed by atoms with Crippen LogP contribution in [0.2, 0.25) is 0 Å². The van der Waals surface area contributed by atoms with Crippen LogP contribution in [0.15, 0.2) is 0 Å². The number of nitrogens with one attached hydrogen (secondary N) is 2. The van der Waals surface area contributed by atoms with Crippen LogP contribution in [-0.4, -0.2) is 39.3 Å². The lowest BCUT2D eigenvalue weighted by Gasteiger charge is -2.21. The molecule has 0 spiro atoms. The first-order chi connectivity index (χ1) is 6.94. The van der Waals surface area contributed by atoms with E-state index in [1.54, 1.807) is 6.92 Å². The topological polar surface area (TPSA) is 90.9 Å². The molecule has 0 saturated carbocycles. The Labute approximate surface area is 88.1 Å². The predicted octanol–water partition coefficient (Wildman–Crippen LogP) is -0.139. The number of aromatic nitrogens is 3. The molecule has 1 aromatic heterocycles. The fraction of sp³-hybridized carbons (Fsp3) is 0.667. The molecule has 1 rings (SSSR count). The number of aryl methyl sites for hydroxylation is 1. The van der Waals surface area contributed by atoms with E-state index in [1.165, 1.54) is 0 Å². The second kappa shape index (κ2) is 4.39. The maximum absolute atomic E-state index is 11.5. The zero-order valence-electron chi connectivity index (χ0n) is 9.16. The number of aliphatic hydroxyl groups excluding tert-OH is 1. The number of hydrogen-bond acceptors (Lipinski definition) is 4. The number of carbonyl (C=O) groups excluding carboxylic acids is 1. The lowest BCUT2D eigenvalue weighted by Crippen LogP contribution is -2.36. The molecule has 0 saturated heterocycles. The molecule has 0 radical (unpaired) electrons. The molecule has 0 aliphatic carbocycles. The van der Waals surface area contributed by atoms with Gasteiger partial charge in [-0.2, -0.15) is 0 Å². The first-order valence-corrected chi connectivity index (χ1v) is 4.73. The van der Waals surface area contributed by atoms with Crippen molar-refractivity contribution in [1.29, 1.82) is 0 Å². The molecule has 0 fully saturated rings. The van der Waals surface area contributed by atoms with Gasteiger partial charge in [-0.15, -0.1) is 5.10 Å². The van der Waals surface area contributed by atoms with E-state index in [1.807, 2.05) is 13.8 Å². The summed E-state index contributed by atoms with van der Waals surface area (Å²) in [5, 5.41) is 18.0. The molecule has 15 heavy (non-hydrogen) atoms. The molecule has 0 bridgehead atoms. The minimum atomic E-state index is -0.333. The zero-order valence-corrected chi connectivity index (χ0v) is 9.16. The Morgan fingerprint density at radius 2 is 2.27 bits per heavy atom. The lowest BCUT2D eigenvalue weighted by molar-refractivity contribution is 0.0901. The summed E-state index contributed by atoms with van der Waals surface area (Å²) in [5.74, 6) is 0.392. The first-order valence-electron chi connectivity index (χ1n) is 4.73. The molecule has 1 heterocycles. The Hall–Kier alpha value is -1.43. The van der Waals surface area contributed by atoms with Crippen molar-refractivity contribution >= 4 is 5.91 Å². The summed E-state index contributed by atoms with van der Waals surface area (Å²) in [6.07, 6.45) is 0. The van der Waals surface area contributed by atoms with Crippen molar-refractivity contribution in [2.45, 2.75) is 20.8 Å². The quantitative estimate of drug-likeness (QED) is 0.648. The van der Waals surface area contributed by atoms with Crippen molar-refractivity contribution in [2.24, 2.45) is 5.41 Å². The lowest BCUT2D eigenvalue weighted by atomic mass is 9.95. The summed E-state index contributed by atoms with van der Waals surface area (Å²) in [6, 6.07) is 0. The molecular formula is C9H16N4O2. The van der Waals surface area contributed by atoms with Crippen LogP contribution in [0.3, 0.4) is 0 Å². The number of rotatable bonds is 4. The van der Waals surface area contributed by atoms with Gasteiger partial charge in [0.1, 0.15) is 5.82 Å². The Morgan fingerprint density at radius 3 is 2.73 bits per heavy atom. The van der Waals surface area contributed by atoms with Gasteiger partial charge in [0.15, 0.2) is 0 Å². The Bertz CT molecular complexity index is 346. The predicted molar refractivity (Wildman–Crippen MR) is 54.3 cm³/mol. The highest BCUT2D eigenvalue weighted by atomic mass is 16.3. The van der Waals surface area contributed by atoms with Crippen LogP contribution in [0, 0.1) is 12.3 Å². The van der Waals surface area contributed by atoms with Gasteiger partial charge in [0, 0.05) is 18.6 Å². The van der Waals surface area contributed by atoms with Crippen LogP contribution in [0.25, 0.3) is 0 Å². The summed E-state index contributed by atoms with van der Waals surface area (Å²) in [7, 11) is 0. The van der Waals surface area contributed by atoms with Crippen molar-refractivity contribution in [1.82, 2.24) is 20.5 Å². The third-order valence-corrected chi connectivity index (χ3v) is 1.96. The van der Waals surface area contributed by atoms with Crippen molar-refractivity contribution < 1.29 is 9.90 Å². The highest BCUT2D eigenvalue weighted by Crippen LogP contribution is 2.11. The van der Waals surface area contributed by atoms with E-state index in [9.17, 15) is 4.79 Å². The first kappa shape index (κ1) is 11.6. The van der Waals surface area contributed by atoms with Gasteiger partial charge in [-0.1, -0.05) is 13.8 Å². The van der Waals surface area contributed by atoms with E-state index in [-0.39, 0.29) is 23.8 Å². The fourth-order valence-corrected chi connectivity index (χ4v) is 0.899. The van der Waals surface area contributed by atoms with Gasteiger partial charge >= 0.3 is 0 Å². The zero-order chi connectivity index (χ0) is 11.5. The number of nitrogens with zero attached hydrogens (tertiary/aromatic N) is 2. The maximum atomic E-state index is 11.5. The van der Waals surface area contributed by atoms with Crippen LogP contribution >= 0.6 is 0 Å². The van der Waals surface area contributed by atoms with Gasteiger partial charge in [-0.05, 0) is 6.92 Å². The summed E-state index contributed by atoms with van der Waals surface area (Å²) in [5.41, 5.74) is -0.332. The van der Waals surface area contributed by atoms with E-state index >= 15 is 0 Å². The Balaban J connectivity index is 2.50. The molecule has 1 amide bonds. The number of carbonyl (C=O) groups is 1. The van der Waals surface area contributed by atoms with Crippen LogP contribution < -0.4 is 5.32 Å². The third kappa shape index (κ3) is 3.32. The summed E-state index contributed by atoms with van der Waals surface area (Å²) >= 11 is 0. The Kier molecular flexibility index (Phi) is 3.41. The van der Waals surface area contributed by atoms with E-state index in [4.69, 9.17) is 5.11 Å². The van der Waals surface area contributed by atoms with Gasteiger partial charge in [-0.25, -0.2) is 4.98 Å². The van der Waals surface area contributed by atoms with E-state index in [0.29, 0.717) is 12.4 Å². The SMILES string of the molecule is Cc1nc(C(=O)NCC(C)(C)CO)n[nH]1. The molecule has 0 unspecified atom stereocenters. The van der Waals surface area contributed by atoms with Gasteiger partial charge in [0.2, 0.25) is 5.82 Å². The molecule has 84 valence electrons. The molecule has 0 atom stereocenters. The minimum absolute atomic E-state index is 0.0142. The molecule has 0 aromatic carbocycles. The standard InChI is InChI=1S/C9H16N4O2/c1-6-11-7(13-12-6)8(15)10-4-9(2,3)5-14/h14H,4-5H2,1-3H3,(H,10,15)(H,11,12,13). The molecular weight excluding hydrogens is 196 g/mol. The number of H-pyrrole nitrogens is 1. The van der Waals surface area contributed by atoms with Crippen molar-refractivity contribution in [3.8, 4) is 0 Å². The smallest absolute Gasteiger partial charge is 0.290 e. The summed E-state index contributed by atoms with van der Waals surface area (Å²) in [4.78, 5) is 15.4. The monoisotopic (exact) mass is 212 g/mol. The number of aliphatic hydroxyl groups is 1. The molecule has 6 heteroatoms. The fourth-order valence-electron chi connectivity index (χ4n) is 0.899. The minimum Gasteiger partial charge on any atom is -0.396 e. The normalized spacial score (nSPS) is 11.5. The maximum Gasteiger partial charge on any atom is 0.290 e. The highest BCUT2D eigenvalue weighted by molar-refractivity contribution is 5.90. The van der Waals surface area contributed by atoms with Crippen LogP contribution in [-0.2, 0) is 0 Å². The van der Waals surface area contributed by atoms with Crippen LogP contribution in [0.4, 0.5) is 0 Å². The third-order valence-electron chi connectivity index (χ3n) is 1.96. The number of aromatic amines is 1. The van der Waals surface area contributed by atoms with Gasteiger partial charge in [-0.3, -0.25) is 9.89 Å². The number of amides is 1. The van der Waals surface area contributed by atoms with E-state index in [2.05, 4.69) is 20.5 Å². The van der Waals surface area contributed by atoms with Gasteiger partial charge in [0.25, 0.3) is 5.91 Å². The van der Waals surface area contributed by atoms with Gasteiger partial charge in [0.05, 0.1) is 0 Å². The van der Waals surface area contributed by atoms with E-state index in [0.717, 1.165) is 0 Å². The summed E-state index contributed by atoms with van der Waals surface area (Å²) < 4.78 is 0. The van der Waals surface area contributed by atoms with Crippen molar-refractivity contribution in [2.75, 3.05) is 13.2 Å². The largest absolute Gasteiger partial charge is 0.396 e. The van der Waals surface area contributed by atoms with Crippen LogP contribution in [0.5, 0.6) is 0 Å². The average Bonchev–Trinajstić information content (AvgIpc) is 2.61. The number of hydrogen-bond donors (Lipinski definition) is 3. The molecule has 0 aliphatic rings. The van der Waals surface area contributed by atoms with E-state index < -0.39 is 0 Å². The van der Waals surface area contributed by atoms with Crippen molar-refractivity contribution in [3.05, 3.63) is 11.6 Å². The molecule has 3 N–H and O–H groups in total. The molecule has 6 nitrogen and oxygen atoms in total. The second-order valence-corrected chi connectivity index (χ2v) is 4.25. The highest BCUT2D eigenvalue weighted by Gasteiger charge is 2.19. The van der Waals surface area contributed by atoms with Crippen molar-refractivity contribution in [3.63, 3.8) is 0 Å².